The Morgan fingerprint density at radius 2 is 2.09 bits per heavy atom. The van der Waals surface area contributed by atoms with Gasteiger partial charge in [0.1, 0.15) is 24.1 Å². The zero-order valence-electron chi connectivity index (χ0n) is 12.9. The average molecular weight is 323 g/mol. The maximum atomic E-state index is 12.5. The predicted molar refractivity (Wildman–Crippen MR) is 80.8 cm³/mol. The summed E-state index contributed by atoms with van der Waals surface area (Å²) in [6, 6.07) is -0.846. The Hall–Kier alpha value is -3.11. The molecule has 0 saturated heterocycles. The largest absolute Gasteiger partial charge is 0.383 e. The quantitative estimate of drug-likeness (QED) is 0.577. The molecule has 5 N–H and O–H groups in total. The van der Waals surface area contributed by atoms with Gasteiger partial charge >= 0.3 is 5.69 Å². The number of carbonyl (C=O) groups excluding carboxylic acids is 1. The molecular formula is C12H17N7O4. The van der Waals surface area contributed by atoms with Crippen LogP contribution in [0, 0.1) is 6.92 Å². The molecule has 11 heteroatoms. The number of nitrogens with one attached hydrogen (secondary N) is 1. The van der Waals surface area contributed by atoms with Crippen LogP contribution in [-0.2, 0) is 18.4 Å². The number of aryl methyl sites for hydroxylation is 1. The van der Waals surface area contributed by atoms with Crippen LogP contribution in [0.25, 0.3) is 0 Å². The molecule has 2 rings (SSSR count). The van der Waals surface area contributed by atoms with Crippen molar-refractivity contribution in [2.45, 2.75) is 26.4 Å². The van der Waals surface area contributed by atoms with Gasteiger partial charge in [-0.25, -0.2) is 9.36 Å². The summed E-state index contributed by atoms with van der Waals surface area (Å²) in [5, 5.41) is 6.21. The number of anilines is 2. The minimum absolute atomic E-state index is 0.0976. The summed E-state index contributed by atoms with van der Waals surface area (Å²) in [5.41, 5.74) is 9.48. The minimum atomic E-state index is -0.846. The summed E-state index contributed by atoms with van der Waals surface area (Å²) >= 11 is 0. The van der Waals surface area contributed by atoms with Gasteiger partial charge in [-0.2, -0.15) is 4.98 Å². The second kappa shape index (κ2) is 5.94. The van der Waals surface area contributed by atoms with Crippen molar-refractivity contribution in [1.29, 1.82) is 0 Å². The fraction of sp³-hybridized carbons (Fsp3) is 0.417. The van der Waals surface area contributed by atoms with Crippen molar-refractivity contribution < 1.29 is 9.32 Å². The molecule has 0 fully saturated rings. The number of hydrogen-bond acceptors (Lipinski definition) is 8. The normalized spacial score (nSPS) is 12.1. The number of hydrogen-bond donors (Lipinski definition) is 3. The standard InChI is InChI=1S/C12H17N7O4/c1-5(10(14)20)15-8-9(13)18(3)12(22)19(11(8)21)4-7-16-6(2)17-23-7/h5,15H,4,13H2,1-3H3,(H2,14,20)/t5-/m0/s1. The van der Waals surface area contributed by atoms with E-state index in [2.05, 4.69) is 15.5 Å². The van der Waals surface area contributed by atoms with Crippen LogP contribution in [0.15, 0.2) is 14.1 Å². The number of rotatable bonds is 5. The van der Waals surface area contributed by atoms with Gasteiger partial charge in [0.15, 0.2) is 5.82 Å². The number of nitrogens with zero attached hydrogens (tertiary/aromatic N) is 4. The first-order valence-electron chi connectivity index (χ1n) is 6.66. The third kappa shape index (κ3) is 3.07. The average Bonchev–Trinajstić information content (AvgIpc) is 2.91. The molecule has 2 aromatic rings. The molecule has 0 aromatic carbocycles. The number of primary amides is 1. The molecule has 0 spiro atoms. The van der Waals surface area contributed by atoms with E-state index in [1.807, 2.05) is 0 Å². The van der Waals surface area contributed by atoms with E-state index in [-0.39, 0.29) is 23.9 Å². The zero-order chi connectivity index (χ0) is 17.3. The topological polar surface area (TPSA) is 164 Å². The van der Waals surface area contributed by atoms with Gasteiger partial charge in [-0.3, -0.25) is 14.2 Å². The molecule has 0 aliphatic carbocycles. The van der Waals surface area contributed by atoms with Crippen molar-refractivity contribution in [2.24, 2.45) is 12.8 Å². The summed E-state index contributed by atoms with van der Waals surface area (Å²) in [5.74, 6) is -0.302. The molecule has 0 aliphatic rings. The third-order valence-electron chi connectivity index (χ3n) is 3.24. The van der Waals surface area contributed by atoms with Crippen molar-refractivity contribution in [2.75, 3.05) is 11.1 Å². The Kier molecular flexibility index (Phi) is 4.20. The summed E-state index contributed by atoms with van der Waals surface area (Å²) < 4.78 is 6.86. The Bertz CT molecular complexity index is 863. The van der Waals surface area contributed by atoms with Crippen LogP contribution in [0.4, 0.5) is 11.5 Å². The highest BCUT2D eigenvalue weighted by atomic mass is 16.5. The molecule has 11 nitrogen and oxygen atoms in total. The monoisotopic (exact) mass is 323 g/mol. The summed E-state index contributed by atoms with van der Waals surface area (Å²) in [6.45, 7) is 2.86. The molecule has 0 unspecified atom stereocenters. The number of carbonyl (C=O) groups is 1. The van der Waals surface area contributed by atoms with E-state index in [0.717, 1.165) is 9.13 Å². The van der Waals surface area contributed by atoms with Crippen LogP contribution in [0.2, 0.25) is 0 Å². The van der Waals surface area contributed by atoms with Gasteiger partial charge in [0.2, 0.25) is 11.8 Å². The lowest BCUT2D eigenvalue weighted by Crippen LogP contribution is -2.44. The van der Waals surface area contributed by atoms with Crippen molar-refractivity contribution in [3.63, 3.8) is 0 Å². The number of aromatic nitrogens is 4. The van der Waals surface area contributed by atoms with E-state index in [1.165, 1.54) is 14.0 Å². The summed E-state index contributed by atoms with van der Waals surface area (Å²) in [6.07, 6.45) is 0. The Balaban J connectivity index is 2.54. The fourth-order valence-electron chi connectivity index (χ4n) is 1.89. The van der Waals surface area contributed by atoms with Gasteiger partial charge in [0, 0.05) is 7.05 Å². The molecule has 124 valence electrons. The van der Waals surface area contributed by atoms with E-state index >= 15 is 0 Å². The van der Waals surface area contributed by atoms with Crippen molar-refractivity contribution >= 4 is 17.4 Å². The first-order valence-corrected chi connectivity index (χ1v) is 6.66. The molecule has 1 atom stereocenters. The Labute approximate surface area is 129 Å². The SMILES string of the molecule is Cc1noc(Cn2c(=O)c(N[C@@H](C)C(N)=O)c(N)n(C)c2=O)n1. The van der Waals surface area contributed by atoms with Crippen molar-refractivity contribution in [3.05, 3.63) is 32.6 Å². The predicted octanol–water partition coefficient (Wildman–Crippen LogP) is -1.85. The molecule has 1 amide bonds. The highest BCUT2D eigenvalue weighted by molar-refractivity contribution is 5.83. The van der Waals surface area contributed by atoms with E-state index in [9.17, 15) is 14.4 Å². The molecule has 0 radical (unpaired) electrons. The Morgan fingerprint density at radius 3 is 2.61 bits per heavy atom. The van der Waals surface area contributed by atoms with Crippen LogP contribution < -0.4 is 28.0 Å². The van der Waals surface area contributed by atoms with Gasteiger partial charge in [-0.15, -0.1) is 0 Å². The fourth-order valence-corrected chi connectivity index (χ4v) is 1.89. The smallest absolute Gasteiger partial charge is 0.332 e. The van der Waals surface area contributed by atoms with E-state index in [0.29, 0.717) is 5.82 Å². The molecule has 2 heterocycles. The number of nitrogens with two attached hydrogens (primary N) is 2. The minimum Gasteiger partial charge on any atom is -0.383 e. The lowest BCUT2D eigenvalue weighted by atomic mass is 10.3. The number of nitrogen functional groups attached to an aromatic ring is 1. The van der Waals surface area contributed by atoms with Crippen LogP contribution in [0.5, 0.6) is 0 Å². The second-order valence-electron chi connectivity index (χ2n) is 5.00. The van der Waals surface area contributed by atoms with E-state index < -0.39 is 23.2 Å². The first kappa shape index (κ1) is 16.3. The molecule has 0 aliphatic heterocycles. The second-order valence-corrected chi connectivity index (χ2v) is 5.00. The van der Waals surface area contributed by atoms with Gasteiger partial charge < -0.3 is 21.3 Å². The van der Waals surface area contributed by atoms with E-state index in [4.69, 9.17) is 16.0 Å². The van der Waals surface area contributed by atoms with Gasteiger partial charge in [-0.1, -0.05) is 5.16 Å². The maximum Gasteiger partial charge on any atom is 0.332 e. The highest BCUT2D eigenvalue weighted by Crippen LogP contribution is 2.11. The highest BCUT2D eigenvalue weighted by Gasteiger charge is 2.20. The Morgan fingerprint density at radius 1 is 1.43 bits per heavy atom. The first-order chi connectivity index (χ1) is 10.7. The maximum absolute atomic E-state index is 12.5. The van der Waals surface area contributed by atoms with Crippen LogP contribution in [-0.4, -0.2) is 31.2 Å². The molecule has 0 saturated carbocycles. The van der Waals surface area contributed by atoms with Crippen LogP contribution in [0.3, 0.4) is 0 Å². The van der Waals surface area contributed by atoms with Crippen molar-refractivity contribution in [1.82, 2.24) is 19.3 Å². The third-order valence-corrected chi connectivity index (χ3v) is 3.24. The van der Waals surface area contributed by atoms with Crippen molar-refractivity contribution in [3.8, 4) is 0 Å². The van der Waals surface area contributed by atoms with Crippen LogP contribution >= 0.6 is 0 Å². The summed E-state index contributed by atoms with van der Waals surface area (Å²) in [4.78, 5) is 39.8. The molecule has 23 heavy (non-hydrogen) atoms. The van der Waals surface area contributed by atoms with Gasteiger partial charge in [0.25, 0.3) is 5.56 Å². The van der Waals surface area contributed by atoms with E-state index in [1.54, 1.807) is 6.92 Å². The lowest BCUT2D eigenvalue weighted by Gasteiger charge is -2.16. The lowest BCUT2D eigenvalue weighted by molar-refractivity contribution is -0.118. The summed E-state index contributed by atoms with van der Waals surface area (Å²) in [7, 11) is 1.40. The van der Waals surface area contributed by atoms with Gasteiger partial charge in [-0.05, 0) is 13.8 Å². The molecule has 2 aromatic heterocycles. The molecule has 0 bridgehead atoms. The van der Waals surface area contributed by atoms with Crippen LogP contribution in [0.1, 0.15) is 18.6 Å². The number of amides is 1. The molecular weight excluding hydrogens is 306 g/mol. The van der Waals surface area contributed by atoms with Gasteiger partial charge in [0.05, 0.1) is 0 Å². The zero-order valence-corrected chi connectivity index (χ0v) is 12.9.